The number of anilines is 1. The van der Waals surface area contributed by atoms with E-state index in [1.54, 1.807) is 12.1 Å². The lowest BCUT2D eigenvalue weighted by Gasteiger charge is -2.12. The predicted octanol–water partition coefficient (Wildman–Crippen LogP) is 2.85. The molecule has 2 aliphatic rings. The molecule has 0 N–H and O–H groups in total. The Labute approximate surface area is 137 Å². The number of fused-ring (bicyclic) bond motifs is 1. The van der Waals surface area contributed by atoms with Gasteiger partial charge in [0.25, 0.3) is 5.95 Å². The van der Waals surface area contributed by atoms with Gasteiger partial charge in [0.15, 0.2) is 0 Å². The fourth-order valence-corrected chi connectivity index (χ4v) is 3.10. The van der Waals surface area contributed by atoms with E-state index in [2.05, 4.69) is 20.1 Å². The van der Waals surface area contributed by atoms with Crippen molar-refractivity contribution in [1.29, 1.82) is 0 Å². The van der Waals surface area contributed by atoms with E-state index in [9.17, 15) is 4.39 Å². The molecule has 0 saturated heterocycles. The second kappa shape index (κ2) is 5.15. The Morgan fingerprint density at radius 2 is 2.00 bits per heavy atom. The summed E-state index contributed by atoms with van der Waals surface area (Å²) in [6.45, 7) is 2.07. The van der Waals surface area contributed by atoms with E-state index < -0.39 is 0 Å². The van der Waals surface area contributed by atoms with Crippen LogP contribution in [0.4, 0.5) is 10.3 Å². The van der Waals surface area contributed by atoms with Crippen LogP contribution in [0.3, 0.4) is 0 Å². The second-order valence-corrected chi connectivity index (χ2v) is 6.46. The molecule has 0 amide bonds. The lowest BCUT2D eigenvalue weighted by Crippen LogP contribution is -2.18. The molecule has 1 aliphatic heterocycles. The lowest BCUT2D eigenvalue weighted by molar-refractivity contribution is 0.378. The maximum absolute atomic E-state index is 13.0. The van der Waals surface area contributed by atoms with Crippen LogP contribution in [-0.2, 0) is 19.6 Å². The number of hydrogen-bond acceptors (Lipinski definition) is 5. The summed E-state index contributed by atoms with van der Waals surface area (Å²) in [7, 11) is 0. The van der Waals surface area contributed by atoms with E-state index >= 15 is 0 Å². The number of nitrogens with zero attached hydrogens (tertiary/aromatic N) is 5. The minimum absolute atomic E-state index is 0.223. The minimum Gasteiger partial charge on any atom is -0.337 e. The quantitative estimate of drug-likeness (QED) is 0.738. The Balaban J connectivity index is 1.35. The summed E-state index contributed by atoms with van der Waals surface area (Å²) < 4.78 is 20.4. The van der Waals surface area contributed by atoms with E-state index in [1.807, 2.05) is 10.9 Å². The highest BCUT2D eigenvalue weighted by Gasteiger charge is 2.32. The van der Waals surface area contributed by atoms with Gasteiger partial charge in [-0.3, -0.25) is 4.68 Å². The molecule has 5 rings (SSSR count). The zero-order chi connectivity index (χ0) is 16.1. The molecular weight excluding hydrogens is 309 g/mol. The molecule has 1 fully saturated rings. The molecule has 7 heteroatoms. The maximum atomic E-state index is 13.0. The molecule has 2 aromatic heterocycles. The largest absolute Gasteiger partial charge is 0.337 e. The highest BCUT2D eigenvalue weighted by atomic mass is 19.1. The normalized spacial score (nSPS) is 16.6. The van der Waals surface area contributed by atoms with Gasteiger partial charge >= 0.3 is 0 Å². The van der Waals surface area contributed by atoms with Crippen LogP contribution in [0.25, 0.3) is 0 Å². The Morgan fingerprint density at radius 3 is 2.79 bits per heavy atom. The van der Waals surface area contributed by atoms with Crippen LogP contribution in [0.1, 0.15) is 41.5 Å². The van der Waals surface area contributed by atoms with Crippen LogP contribution in [0.15, 0.2) is 35.0 Å². The molecule has 0 atom stereocenters. The van der Waals surface area contributed by atoms with E-state index in [0.717, 1.165) is 36.5 Å². The van der Waals surface area contributed by atoms with Crippen molar-refractivity contribution in [3.8, 4) is 0 Å². The maximum Gasteiger partial charge on any atom is 0.266 e. The van der Waals surface area contributed by atoms with Gasteiger partial charge in [0.2, 0.25) is 5.89 Å². The summed E-state index contributed by atoms with van der Waals surface area (Å²) in [4.78, 5) is 6.62. The van der Waals surface area contributed by atoms with E-state index in [4.69, 9.17) is 4.52 Å². The topological polar surface area (TPSA) is 60.0 Å². The van der Waals surface area contributed by atoms with Gasteiger partial charge in [0.1, 0.15) is 5.82 Å². The smallest absolute Gasteiger partial charge is 0.266 e. The monoisotopic (exact) mass is 325 g/mol. The summed E-state index contributed by atoms with van der Waals surface area (Å²) in [6, 6.07) is 6.53. The zero-order valence-corrected chi connectivity index (χ0v) is 13.0. The average molecular weight is 325 g/mol. The molecule has 1 saturated carbocycles. The minimum atomic E-state index is -0.223. The highest BCUT2D eigenvalue weighted by Crippen LogP contribution is 2.40. The third-order valence-electron chi connectivity index (χ3n) is 4.62. The van der Waals surface area contributed by atoms with Crippen LogP contribution >= 0.6 is 0 Å². The SMILES string of the molecule is Fc1ccc(Cn2ncc3c2CN(c2noc(C4CC4)n2)C3)cc1. The van der Waals surface area contributed by atoms with Crippen LogP contribution in [0.5, 0.6) is 0 Å². The first-order chi connectivity index (χ1) is 11.8. The zero-order valence-electron chi connectivity index (χ0n) is 13.0. The third-order valence-corrected chi connectivity index (χ3v) is 4.62. The second-order valence-electron chi connectivity index (χ2n) is 6.46. The molecule has 1 aliphatic carbocycles. The van der Waals surface area contributed by atoms with Crippen molar-refractivity contribution in [3.05, 3.63) is 59.0 Å². The lowest BCUT2D eigenvalue weighted by atomic mass is 10.2. The number of benzene rings is 1. The Bertz CT molecular complexity index is 881. The molecule has 122 valence electrons. The molecular formula is C17H16FN5O. The Kier molecular flexibility index (Phi) is 2.95. The first-order valence-corrected chi connectivity index (χ1v) is 8.13. The summed E-state index contributed by atoms with van der Waals surface area (Å²) >= 11 is 0. The fourth-order valence-electron chi connectivity index (χ4n) is 3.10. The number of aromatic nitrogens is 4. The average Bonchev–Trinajstić information content (AvgIpc) is 3.02. The van der Waals surface area contributed by atoms with Gasteiger partial charge in [0, 0.05) is 18.0 Å². The van der Waals surface area contributed by atoms with Crippen molar-refractivity contribution in [1.82, 2.24) is 19.9 Å². The molecule has 0 bridgehead atoms. The highest BCUT2D eigenvalue weighted by molar-refractivity contribution is 5.40. The van der Waals surface area contributed by atoms with Crippen LogP contribution < -0.4 is 4.90 Å². The molecule has 6 nitrogen and oxygen atoms in total. The van der Waals surface area contributed by atoms with Gasteiger partial charge in [-0.25, -0.2) is 4.39 Å². The summed E-state index contributed by atoms with van der Waals surface area (Å²) in [5.41, 5.74) is 3.35. The van der Waals surface area contributed by atoms with Crippen LogP contribution in [0, 0.1) is 5.82 Å². The van der Waals surface area contributed by atoms with Crippen LogP contribution in [0.2, 0.25) is 0 Å². The van der Waals surface area contributed by atoms with Crippen LogP contribution in [-0.4, -0.2) is 19.9 Å². The number of rotatable bonds is 4. The first-order valence-electron chi connectivity index (χ1n) is 8.13. The summed E-state index contributed by atoms with van der Waals surface area (Å²) in [5, 5.41) is 8.57. The third kappa shape index (κ3) is 2.36. The predicted molar refractivity (Wildman–Crippen MR) is 83.9 cm³/mol. The summed E-state index contributed by atoms with van der Waals surface area (Å²) in [6.07, 6.45) is 4.18. The van der Waals surface area contributed by atoms with Gasteiger partial charge in [0.05, 0.1) is 25.0 Å². The van der Waals surface area contributed by atoms with Crippen molar-refractivity contribution in [2.45, 2.75) is 38.4 Å². The number of halogens is 1. The molecule has 0 radical (unpaired) electrons. The Hall–Kier alpha value is -2.70. The number of hydrogen-bond donors (Lipinski definition) is 0. The molecule has 0 spiro atoms. The molecule has 3 aromatic rings. The Morgan fingerprint density at radius 1 is 1.17 bits per heavy atom. The summed E-state index contributed by atoms with van der Waals surface area (Å²) in [5.74, 6) is 1.65. The van der Waals surface area contributed by atoms with Crippen molar-refractivity contribution >= 4 is 5.95 Å². The van der Waals surface area contributed by atoms with E-state index in [-0.39, 0.29) is 5.82 Å². The van der Waals surface area contributed by atoms with Crippen molar-refractivity contribution in [2.24, 2.45) is 0 Å². The van der Waals surface area contributed by atoms with Crippen molar-refractivity contribution in [3.63, 3.8) is 0 Å². The molecule has 24 heavy (non-hydrogen) atoms. The van der Waals surface area contributed by atoms with Gasteiger partial charge in [-0.2, -0.15) is 10.1 Å². The van der Waals surface area contributed by atoms with E-state index in [0.29, 0.717) is 25.0 Å². The van der Waals surface area contributed by atoms with Gasteiger partial charge in [-0.15, -0.1) is 0 Å². The standard InChI is InChI=1S/C17H16FN5O/c18-14-5-1-11(2-6-14)8-23-15-10-22(9-13(15)7-19-23)17-20-16(24-21-17)12-3-4-12/h1-2,5-7,12H,3-4,8-10H2. The molecule has 1 aromatic carbocycles. The molecule has 0 unspecified atom stereocenters. The first kappa shape index (κ1) is 13.7. The van der Waals surface area contributed by atoms with Gasteiger partial charge < -0.3 is 9.42 Å². The van der Waals surface area contributed by atoms with Gasteiger partial charge in [-0.1, -0.05) is 12.1 Å². The van der Waals surface area contributed by atoms with Gasteiger partial charge in [-0.05, 0) is 35.7 Å². The van der Waals surface area contributed by atoms with Crippen molar-refractivity contribution < 1.29 is 8.91 Å². The van der Waals surface area contributed by atoms with Crippen molar-refractivity contribution in [2.75, 3.05) is 4.90 Å². The molecule has 3 heterocycles. The van der Waals surface area contributed by atoms with E-state index in [1.165, 1.54) is 17.7 Å². The fraction of sp³-hybridized carbons (Fsp3) is 0.353.